The molecule has 2 heterocycles. The van der Waals surface area contributed by atoms with Crippen molar-refractivity contribution in [2.24, 2.45) is 15.7 Å². The summed E-state index contributed by atoms with van der Waals surface area (Å²) in [5, 5.41) is 0. The zero-order valence-electron chi connectivity index (χ0n) is 15.8. The van der Waals surface area contributed by atoms with Gasteiger partial charge in [0.15, 0.2) is 5.84 Å². The Morgan fingerprint density at radius 1 is 1.31 bits per heavy atom. The van der Waals surface area contributed by atoms with Gasteiger partial charge in [0, 0.05) is 27.5 Å². The average molecular weight is 462 g/mol. The van der Waals surface area contributed by atoms with Crippen LogP contribution in [0.2, 0.25) is 0 Å². The van der Waals surface area contributed by atoms with E-state index >= 15 is 0 Å². The third-order valence-corrected chi connectivity index (χ3v) is 4.58. The van der Waals surface area contributed by atoms with Crippen LogP contribution >= 0.6 is 15.9 Å². The van der Waals surface area contributed by atoms with E-state index in [-0.39, 0.29) is 12.4 Å². The minimum Gasteiger partial charge on any atom is -0.481 e. The zero-order chi connectivity index (χ0) is 21.1. The first-order valence-corrected chi connectivity index (χ1v) is 9.29. The van der Waals surface area contributed by atoms with Crippen LogP contribution in [0.3, 0.4) is 0 Å². The van der Waals surface area contributed by atoms with Gasteiger partial charge >= 0.3 is 0 Å². The molecule has 0 saturated heterocycles. The summed E-state index contributed by atoms with van der Waals surface area (Å²) >= 11 is 3.24. The first-order chi connectivity index (χ1) is 13.8. The Balaban J connectivity index is 2.16. The topological polar surface area (TPSA) is 76.1 Å². The van der Waals surface area contributed by atoms with Crippen LogP contribution in [0.1, 0.15) is 18.1 Å². The molecule has 2 N–H and O–H groups in total. The van der Waals surface area contributed by atoms with E-state index in [2.05, 4.69) is 37.5 Å². The molecule has 0 fully saturated rings. The summed E-state index contributed by atoms with van der Waals surface area (Å²) in [5.41, 5.74) is 7.53. The third-order valence-electron chi connectivity index (χ3n) is 4.09. The number of ether oxygens (including phenoxy) is 1. The van der Waals surface area contributed by atoms with Gasteiger partial charge in [0.05, 0.1) is 19.9 Å². The molecule has 0 bridgehead atoms. The summed E-state index contributed by atoms with van der Waals surface area (Å²) < 4.78 is 34.0. The Morgan fingerprint density at radius 3 is 2.69 bits per heavy atom. The molecule has 2 aromatic rings. The molecule has 0 atom stereocenters. The molecular weight excluding hydrogens is 444 g/mol. The van der Waals surface area contributed by atoms with E-state index in [9.17, 15) is 8.78 Å². The summed E-state index contributed by atoms with van der Waals surface area (Å²) in [7, 11) is 1.43. The zero-order valence-corrected chi connectivity index (χ0v) is 17.4. The third kappa shape index (κ3) is 4.51. The van der Waals surface area contributed by atoms with Crippen LogP contribution in [0.15, 0.2) is 75.0 Å². The van der Waals surface area contributed by atoms with Gasteiger partial charge in [0.1, 0.15) is 23.2 Å². The van der Waals surface area contributed by atoms with Crippen molar-refractivity contribution in [1.29, 1.82) is 0 Å². The number of hydrogen-bond acceptors (Lipinski definition) is 5. The molecule has 1 aromatic heterocycles. The first-order valence-electron chi connectivity index (χ1n) is 8.49. The fourth-order valence-corrected chi connectivity index (χ4v) is 3.04. The molecule has 0 radical (unpaired) electrons. The number of allylic oxidation sites excluding steroid dienone is 1. The van der Waals surface area contributed by atoms with E-state index in [0.29, 0.717) is 38.7 Å². The predicted octanol–water partition coefficient (Wildman–Crippen LogP) is 4.09. The number of nitrogens with two attached hydrogens (primary N) is 1. The van der Waals surface area contributed by atoms with E-state index in [1.165, 1.54) is 25.4 Å². The van der Waals surface area contributed by atoms with Crippen molar-refractivity contribution in [2.45, 2.75) is 13.5 Å². The monoisotopic (exact) mass is 461 g/mol. The maximum atomic E-state index is 14.5. The minimum absolute atomic E-state index is 0.0705. The normalized spacial score (nSPS) is 16.8. The number of benzene rings is 1. The highest BCUT2D eigenvalue weighted by Gasteiger charge is 2.32. The van der Waals surface area contributed by atoms with Crippen molar-refractivity contribution in [3.8, 4) is 0 Å². The summed E-state index contributed by atoms with van der Waals surface area (Å²) in [6.07, 6.45) is 2.55. The molecule has 1 aliphatic rings. The molecule has 0 aliphatic carbocycles. The van der Waals surface area contributed by atoms with E-state index in [0.717, 1.165) is 6.20 Å². The number of aliphatic imine (C=N–C) groups is 2. The van der Waals surface area contributed by atoms with Crippen LogP contribution < -0.4 is 5.73 Å². The van der Waals surface area contributed by atoms with Crippen molar-refractivity contribution >= 4 is 27.6 Å². The standard InChI is InChI=1S/C20H18BrF2N5O/c1-11(24)18-20(26-12(2)29-3)28(10-13-4-5-15(21)7-17(13)23)19(27-18)14-6-16(22)9-25-8-14/h4-9H,2,10,24H2,1,3H3/b18-11+,26-20+. The Hall–Kier alpha value is -3.07. The molecule has 6 nitrogen and oxygen atoms in total. The second-order valence-corrected chi connectivity index (χ2v) is 7.13. The minimum atomic E-state index is -0.526. The van der Waals surface area contributed by atoms with Gasteiger partial charge in [-0.2, -0.15) is 4.99 Å². The van der Waals surface area contributed by atoms with Gasteiger partial charge in [-0.05, 0) is 31.7 Å². The lowest BCUT2D eigenvalue weighted by Crippen LogP contribution is -2.33. The Bertz CT molecular complexity index is 1060. The summed E-state index contributed by atoms with van der Waals surface area (Å²) in [4.78, 5) is 14.4. The van der Waals surface area contributed by atoms with Gasteiger partial charge in [0.2, 0.25) is 5.88 Å². The molecule has 0 saturated carbocycles. The van der Waals surface area contributed by atoms with Gasteiger partial charge in [-0.15, -0.1) is 0 Å². The number of halogens is 3. The summed E-state index contributed by atoms with van der Waals surface area (Å²) in [6.45, 7) is 5.44. The molecule has 0 spiro atoms. The number of amidine groups is 2. The molecular formula is C20H18BrF2N5O. The predicted molar refractivity (Wildman–Crippen MR) is 111 cm³/mol. The average Bonchev–Trinajstić information content (AvgIpc) is 3.02. The summed E-state index contributed by atoms with van der Waals surface area (Å²) in [5.74, 6) is -0.168. The molecule has 0 unspecified atom stereocenters. The highest BCUT2D eigenvalue weighted by atomic mass is 79.9. The fraction of sp³-hybridized carbons (Fsp3) is 0.150. The molecule has 0 amide bonds. The lowest BCUT2D eigenvalue weighted by Gasteiger charge is -2.22. The van der Waals surface area contributed by atoms with Crippen LogP contribution in [-0.2, 0) is 11.3 Å². The van der Waals surface area contributed by atoms with Crippen molar-refractivity contribution in [3.05, 3.63) is 87.7 Å². The number of methoxy groups -OCH3 is 1. The smallest absolute Gasteiger partial charge is 0.207 e. The van der Waals surface area contributed by atoms with Crippen LogP contribution in [0.4, 0.5) is 8.78 Å². The number of nitrogens with zero attached hydrogens (tertiary/aromatic N) is 4. The second kappa shape index (κ2) is 8.52. The lowest BCUT2D eigenvalue weighted by atomic mass is 10.1. The van der Waals surface area contributed by atoms with Crippen molar-refractivity contribution in [1.82, 2.24) is 9.88 Å². The highest BCUT2D eigenvalue weighted by Crippen LogP contribution is 2.27. The number of aromatic nitrogens is 1. The van der Waals surface area contributed by atoms with Gasteiger partial charge in [0.25, 0.3) is 0 Å². The van der Waals surface area contributed by atoms with Gasteiger partial charge in [-0.1, -0.05) is 22.0 Å². The SMILES string of the molecule is C=C(/N=C1\C(=C(\C)N)N=C(c2cncc(F)c2)N1Cc1ccc(Br)cc1F)OC. The molecule has 1 aliphatic heterocycles. The largest absolute Gasteiger partial charge is 0.481 e. The Morgan fingerprint density at radius 2 is 2.07 bits per heavy atom. The number of pyridine rings is 1. The maximum absolute atomic E-state index is 14.5. The van der Waals surface area contributed by atoms with Gasteiger partial charge in [-0.25, -0.2) is 13.8 Å². The molecule has 29 heavy (non-hydrogen) atoms. The van der Waals surface area contributed by atoms with Crippen molar-refractivity contribution in [2.75, 3.05) is 7.11 Å². The van der Waals surface area contributed by atoms with Crippen LogP contribution in [0.5, 0.6) is 0 Å². The van der Waals surface area contributed by atoms with Crippen molar-refractivity contribution in [3.63, 3.8) is 0 Å². The van der Waals surface area contributed by atoms with Gasteiger partial charge in [-0.3, -0.25) is 4.98 Å². The van der Waals surface area contributed by atoms with E-state index in [1.54, 1.807) is 24.0 Å². The summed E-state index contributed by atoms with van der Waals surface area (Å²) in [6, 6.07) is 6.02. The number of rotatable bonds is 5. The Kier molecular flexibility index (Phi) is 6.07. The fourth-order valence-electron chi connectivity index (χ4n) is 2.71. The Labute approximate surface area is 175 Å². The quantitative estimate of drug-likeness (QED) is 0.680. The lowest BCUT2D eigenvalue weighted by molar-refractivity contribution is 0.289. The van der Waals surface area contributed by atoms with Crippen LogP contribution in [0.25, 0.3) is 0 Å². The van der Waals surface area contributed by atoms with E-state index in [4.69, 9.17) is 10.5 Å². The number of hydrogen-bond donors (Lipinski definition) is 1. The second-order valence-electron chi connectivity index (χ2n) is 6.21. The van der Waals surface area contributed by atoms with Gasteiger partial charge < -0.3 is 15.4 Å². The van der Waals surface area contributed by atoms with Crippen LogP contribution in [0, 0.1) is 11.6 Å². The van der Waals surface area contributed by atoms with Crippen LogP contribution in [-0.4, -0.2) is 28.7 Å². The van der Waals surface area contributed by atoms with E-state index in [1.807, 2.05) is 0 Å². The first kappa shape index (κ1) is 20.7. The van der Waals surface area contributed by atoms with E-state index < -0.39 is 11.6 Å². The van der Waals surface area contributed by atoms with Crippen molar-refractivity contribution < 1.29 is 13.5 Å². The molecule has 9 heteroatoms. The molecule has 150 valence electrons. The highest BCUT2D eigenvalue weighted by molar-refractivity contribution is 9.10. The molecule has 1 aromatic carbocycles. The maximum Gasteiger partial charge on any atom is 0.207 e. The molecule has 3 rings (SSSR count).